The van der Waals surface area contributed by atoms with Crippen LogP contribution in [0.5, 0.6) is 0 Å². The topological polar surface area (TPSA) is 55.4 Å². The van der Waals surface area contributed by atoms with Crippen molar-refractivity contribution in [3.05, 3.63) is 35.3 Å². The largest absolute Gasteiger partial charge is 0.500 e. The number of hydrogen-bond acceptors (Lipinski definition) is 6. The van der Waals surface area contributed by atoms with Gasteiger partial charge in [-0.2, -0.15) is 0 Å². The van der Waals surface area contributed by atoms with Gasteiger partial charge in [-0.3, -0.25) is 0 Å². The summed E-state index contributed by atoms with van der Waals surface area (Å²) in [7, 11) is 3.76. The third kappa shape index (κ3) is 6.86. The average molecular weight is 407 g/mol. The molecule has 0 unspecified atom stereocenters. The van der Waals surface area contributed by atoms with Crippen molar-refractivity contribution in [1.82, 2.24) is 0 Å². The second-order valence-corrected chi connectivity index (χ2v) is 11.9. The highest BCUT2D eigenvalue weighted by Crippen LogP contribution is 2.19. The van der Waals surface area contributed by atoms with Crippen LogP contribution in [0, 0.1) is 0 Å². The lowest BCUT2D eigenvalue weighted by Gasteiger charge is -2.24. The van der Waals surface area contributed by atoms with Gasteiger partial charge in [0.05, 0.1) is 5.48 Å². The molecule has 0 aromatic heterocycles. The molecule has 26 heavy (non-hydrogen) atoms. The van der Waals surface area contributed by atoms with Crippen LogP contribution in [-0.4, -0.2) is 60.3 Å². The molecule has 1 rings (SSSR count). The van der Waals surface area contributed by atoms with Crippen LogP contribution in [0.15, 0.2) is 24.2 Å². The highest BCUT2D eigenvalue weighted by molar-refractivity contribution is 6.60. The summed E-state index contributed by atoms with van der Waals surface area (Å²) in [6.45, 7) is 0. The predicted molar refractivity (Wildman–Crippen MR) is 106 cm³/mol. The molecular weight excluding hydrogens is 368 g/mol. The predicted octanol–water partition coefficient (Wildman–Crippen LogP) is 3.31. The number of hydrogen-bond donors (Lipinski definition) is 0. The fourth-order valence-corrected chi connectivity index (χ4v) is 6.13. The fraction of sp³-hybridized carbons (Fsp3) is 0.667. The van der Waals surface area contributed by atoms with Crippen LogP contribution in [0.4, 0.5) is 0 Å². The number of benzene rings is 1. The highest BCUT2D eigenvalue weighted by Gasteiger charge is 2.37. The van der Waals surface area contributed by atoms with Gasteiger partial charge in [0.1, 0.15) is 0 Å². The van der Waals surface area contributed by atoms with Crippen LogP contribution in [0.2, 0.25) is 12.1 Å². The summed E-state index contributed by atoms with van der Waals surface area (Å²) >= 11 is 0. The lowest BCUT2D eigenvalue weighted by atomic mass is 10.1. The summed E-state index contributed by atoms with van der Waals surface area (Å²) in [5.41, 5.74) is 0.795. The first kappa shape index (κ1) is 17.5. The van der Waals surface area contributed by atoms with Crippen molar-refractivity contribution in [1.29, 1.82) is 0 Å². The molecule has 0 saturated carbocycles. The van der Waals surface area contributed by atoms with Crippen molar-refractivity contribution >= 4 is 17.6 Å². The van der Waals surface area contributed by atoms with E-state index in [1.807, 2.05) is 0 Å². The Morgan fingerprint density at radius 3 is 1.12 bits per heavy atom. The van der Waals surface area contributed by atoms with Gasteiger partial charge in [0.15, 0.2) is 0 Å². The summed E-state index contributed by atoms with van der Waals surface area (Å²) in [6, 6.07) is 1.04. The first-order chi connectivity index (χ1) is 14.2. The highest BCUT2D eigenvalue weighted by atomic mass is 28.4. The molecule has 0 saturated heterocycles. The van der Waals surface area contributed by atoms with Crippen LogP contribution < -0.4 is 0 Å². The Labute approximate surface area is 166 Å². The van der Waals surface area contributed by atoms with Crippen molar-refractivity contribution in [2.45, 2.75) is 37.8 Å². The first-order valence-corrected chi connectivity index (χ1v) is 12.5. The van der Waals surface area contributed by atoms with Crippen LogP contribution in [0.1, 0.15) is 29.5 Å². The van der Waals surface area contributed by atoms with Crippen molar-refractivity contribution < 1.29 is 32.0 Å². The third-order valence-electron chi connectivity index (χ3n) is 4.41. The molecule has 0 N–H and O–H groups in total. The lowest BCUT2D eigenvalue weighted by molar-refractivity contribution is 0.122. The van der Waals surface area contributed by atoms with Gasteiger partial charge in [-0.15, -0.1) is 0 Å². The zero-order valence-corrected chi connectivity index (χ0v) is 18.7. The summed E-state index contributed by atoms with van der Waals surface area (Å²) in [5, 5.41) is 0. The van der Waals surface area contributed by atoms with E-state index in [1.54, 1.807) is 0 Å². The van der Waals surface area contributed by atoms with E-state index < -0.39 is 17.6 Å². The first-order valence-electron chi connectivity index (χ1n) is 10.6. The molecule has 1 aromatic rings. The Bertz CT molecular complexity index is 585. The minimum atomic E-state index is -2.74. The van der Waals surface area contributed by atoms with E-state index in [4.69, 9.17) is 32.0 Å². The minimum absolute atomic E-state index is 0.000695. The summed E-state index contributed by atoms with van der Waals surface area (Å²) in [4.78, 5) is 0. The van der Waals surface area contributed by atoms with Crippen molar-refractivity contribution in [3.63, 3.8) is 0 Å². The Kier molecular flexibility index (Phi) is 8.07. The van der Waals surface area contributed by atoms with Crippen LogP contribution >= 0.6 is 0 Å². The standard InChI is InChI=1S/C18H34O6Si2/c1-19-25(20-2,21-3)15-7-9-17-11-13-18(14-12-17)10-8-16-26(22-4,23-5)24-6/h11-14H,7-10,15-16H2,1-6H3/i11D,12D,13D,14D. The van der Waals surface area contributed by atoms with Gasteiger partial charge < -0.3 is 26.6 Å². The molecule has 0 heterocycles. The SMILES string of the molecule is [2H]c1c([2H])c(CCC[Si](OC)(OC)OC)c([2H])c([2H])c1CCC[Si](OC)(OC)OC. The molecule has 0 radical (unpaired) electrons. The molecule has 0 aliphatic heterocycles. The van der Waals surface area contributed by atoms with E-state index in [-0.39, 0.29) is 24.2 Å². The summed E-state index contributed by atoms with van der Waals surface area (Å²) in [5.74, 6) is 0. The van der Waals surface area contributed by atoms with Gasteiger partial charge in [-0.1, -0.05) is 24.2 Å². The zero-order chi connectivity index (χ0) is 22.9. The summed E-state index contributed by atoms with van der Waals surface area (Å²) in [6.07, 6.45) is 1.91. The van der Waals surface area contributed by atoms with Gasteiger partial charge in [0, 0.05) is 54.7 Å². The smallest absolute Gasteiger partial charge is 0.377 e. The molecule has 0 atom stereocenters. The molecule has 0 fully saturated rings. The van der Waals surface area contributed by atoms with E-state index in [2.05, 4.69) is 0 Å². The van der Waals surface area contributed by atoms with Crippen LogP contribution in [-0.2, 0) is 39.4 Å². The van der Waals surface area contributed by atoms with Gasteiger partial charge >= 0.3 is 17.6 Å². The molecule has 150 valence electrons. The summed E-state index contributed by atoms with van der Waals surface area (Å²) < 4.78 is 65.9. The van der Waals surface area contributed by atoms with Crippen LogP contribution in [0.25, 0.3) is 0 Å². The van der Waals surface area contributed by atoms with E-state index >= 15 is 0 Å². The minimum Gasteiger partial charge on any atom is -0.377 e. The van der Waals surface area contributed by atoms with Gasteiger partial charge in [0.2, 0.25) is 0 Å². The maximum atomic E-state index is 8.37. The second kappa shape index (κ2) is 12.0. The van der Waals surface area contributed by atoms with Crippen molar-refractivity contribution in [3.8, 4) is 0 Å². The molecule has 1 aromatic carbocycles. The normalized spacial score (nSPS) is 14.7. The molecule has 0 bridgehead atoms. The van der Waals surface area contributed by atoms with E-state index in [0.29, 0.717) is 48.9 Å². The maximum Gasteiger partial charge on any atom is 0.500 e. The molecule has 0 aliphatic rings. The Hall–Kier alpha value is -0.586. The molecule has 8 heteroatoms. The third-order valence-corrected chi connectivity index (χ3v) is 10.1. The lowest BCUT2D eigenvalue weighted by Crippen LogP contribution is -2.42. The van der Waals surface area contributed by atoms with Gasteiger partial charge in [-0.05, 0) is 36.8 Å². The molecule has 6 nitrogen and oxygen atoms in total. The van der Waals surface area contributed by atoms with Gasteiger partial charge in [-0.25, -0.2) is 0 Å². The van der Waals surface area contributed by atoms with Gasteiger partial charge in [0.25, 0.3) is 0 Å². The Morgan fingerprint density at radius 1 is 0.615 bits per heavy atom. The molecule has 0 aliphatic carbocycles. The molecule has 0 spiro atoms. The van der Waals surface area contributed by atoms with E-state index in [1.165, 1.54) is 42.7 Å². The van der Waals surface area contributed by atoms with Crippen molar-refractivity contribution in [2.24, 2.45) is 0 Å². The maximum absolute atomic E-state index is 8.37. The zero-order valence-electron chi connectivity index (χ0n) is 20.7. The molecular formula is C18H34O6Si2. The second-order valence-electron chi connectivity index (χ2n) is 5.75. The fourth-order valence-electron chi connectivity index (χ4n) is 2.69. The number of rotatable bonds is 14. The Morgan fingerprint density at radius 2 is 0.885 bits per heavy atom. The quantitative estimate of drug-likeness (QED) is 0.442. The monoisotopic (exact) mass is 406 g/mol. The molecule has 0 amide bonds. The van der Waals surface area contributed by atoms with Crippen molar-refractivity contribution in [2.75, 3.05) is 42.7 Å². The van der Waals surface area contributed by atoms with Crippen LogP contribution in [0.3, 0.4) is 0 Å². The Balaban J connectivity index is 2.96. The van der Waals surface area contributed by atoms with E-state index in [9.17, 15) is 0 Å². The average Bonchev–Trinajstić information content (AvgIpc) is 2.78. The van der Waals surface area contributed by atoms with E-state index in [0.717, 1.165) is 0 Å².